The highest BCUT2D eigenvalue weighted by Crippen LogP contribution is 2.34. The molecular formula is C15H16N2O5S. The maximum absolute atomic E-state index is 12.1. The molecule has 0 fully saturated rings. The van der Waals surface area contributed by atoms with E-state index in [1.54, 1.807) is 19.9 Å². The van der Waals surface area contributed by atoms with Crippen LogP contribution in [-0.4, -0.2) is 31.4 Å². The Morgan fingerprint density at radius 3 is 2.61 bits per heavy atom. The van der Waals surface area contributed by atoms with Gasteiger partial charge in [0.25, 0.3) is 11.8 Å². The van der Waals surface area contributed by atoms with E-state index in [-0.39, 0.29) is 27.8 Å². The van der Waals surface area contributed by atoms with E-state index in [2.05, 4.69) is 10.6 Å². The average molecular weight is 336 g/mol. The highest BCUT2D eigenvalue weighted by Gasteiger charge is 2.26. The quantitative estimate of drug-likeness (QED) is 0.817. The number of amides is 2. The van der Waals surface area contributed by atoms with Crippen LogP contribution < -0.4 is 10.6 Å². The monoisotopic (exact) mass is 336 g/mol. The number of esters is 1. The van der Waals surface area contributed by atoms with Crippen molar-refractivity contribution in [3.8, 4) is 0 Å². The minimum absolute atomic E-state index is 0.108. The Bertz CT molecular complexity index is 733. The molecule has 0 aliphatic rings. The topological polar surface area (TPSA) is 97.6 Å². The number of hydrogen-bond acceptors (Lipinski definition) is 6. The van der Waals surface area contributed by atoms with Gasteiger partial charge < -0.3 is 19.8 Å². The van der Waals surface area contributed by atoms with Gasteiger partial charge in [0.1, 0.15) is 9.88 Å². The van der Waals surface area contributed by atoms with Gasteiger partial charge in [0.15, 0.2) is 5.76 Å². The Morgan fingerprint density at radius 1 is 1.30 bits per heavy atom. The Labute approximate surface area is 136 Å². The maximum atomic E-state index is 12.1. The molecule has 7 nitrogen and oxygen atoms in total. The Hall–Kier alpha value is -2.61. The summed E-state index contributed by atoms with van der Waals surface area (Å²) >= 11 is 0.994. The molecular weight excluding hydrogens is 320 g/mol. The van der Waals surface area contributed by atoms with Crippen LogP contribution in [0.1, 0.15) is 43.1 Å². The standard InChI is InChI=1S/C15H16N2O5S/c1-4-21-15(20)11-8(2)10(13(19)16-3)14(23-11)17-12(18)9-6-5-7-22-9/h5-7H,4H2,1-3H3,(H,16,19)(H,17,18). The van der Waals surface area contributed by atoms with E-state index in [1.165, 1.54) is 19.4 Å². The summed E-state index contributed by atoms with van der Waals surface area (Å²) < 4.78 is 9.99. The molecule has 0 atom stereocenters. The zero-order valence-electron chi connectivity index (χ0n) is 12.9. The van der Waals surface area contributed by atoms with Gasteiger partial charge in [-0.25, -0.2) is 4.79 Å². The van der Waals surface area contributed by atoms with Gasteiger partial charge in [-0.2, -0.15) is 0 Å². The Balaban J connectivity index is 2.40. The van der Waals surface area contributed by atoms with Gasteiger partial charge >= 0.3 is 5.97 Å². The highest BCUT2D eigenvalue weighted by molar-refractivity contribution is 7.18. The highest BCUT2D eigenvalue weighted by atomic mass is 32.1. The number of furan rings is 1. The first kappa shape index (κ1) is 16.8. The molecule has 8 heteroatoms. The zero-order chi connectivity index (χ0) is 17.0. The number of anilines is 1. The summed E-state index contributed by atoms with van der Waals surface area (Å²) in [6, 6.07) is 3.08. The van der Waals surface area contributed by atoms with Crippen molar-refractivity contribution in [2.45, 2.75) is 13.8 Å². The first-order valence-electron chi connectivity index (χ1n) is 6.87. The SMILES string of the molecule is CCOC(=O)c1sc(NC(=O)c2ccco2)c(C(=O)NC)c1C. The van der Waals surface area contributed by atoms with E-state index in [4.69, 9.17) is 9.15 Å². The van der Waals surface area contributed by atoms with Crippen LogP contribution in [0.3, 0.4) is 0 Å². The lowest BCUT2D eigenvalue weighted by molar-refractivity contribution is 0.0531. The van der Waals surface area contributed by atoms with Crippen LogP contribution in [0.15, 0.2) is 22.8 Å². The van der Waals surface area contributed by atoms with Crippen molar-refractivity contribution in [2.75, 3.05) is 19.0 Å². The number of hydrogen-bond donors (Lipinski definition) is 2. The number of thiophene rings is 1. The van der Waals surface area contributed by atoms with Crippen molar-refractivity contribution in [1.29, 1.82) is 0 Å². The van der Waals surface area contributed by atoms with Crippen molar-refractivity contribution < 1.29 is 23.5 Å². The molecule has 2 rings (SSSR count). The van der Waals surface area contributed by atoms with Gasteiger partial charge in [-0.05, 0) is 31.5 Å². The van der Waals surface area contributed by atoms with Crippen molar-refractivity contribution >= 4 is 34.1 Å². The molecule has 23 heavy (non-hydrogen) atoms. The first-order chi connectivity index (χ1) is 11.0. The zero-order valence-corrected chi connectivity index (χ0v) is 13.7. The number of carbonyl (C=O) groups excluding carboxylic acids is 3. The predicted molar refractivity (Wildman–Crippen MR) is 85.1 cm³/mol. The molecule has 0 aromatic carbocycles. The van der Waals surface area contributed by atoms with E-state index in [9.17, 15) is 14.4 Å². The smallest absolute Gasteiger partial charge is 0.348 e. The van der Waals surface area contributed by atoms with Gasteiger partial charge in [-0.1, -0.05) is 0 Å². The van der Waals surface area contributed by atoms with E-state index in [0.29, 0.717) is 5.56 Å². The van der Waals surface area contributed by atoms with Crippen LogP contribution in [0.2, 0.25) is 0 Å². The maximum Gasteiger partial charge on any atom is 0.348 e. The van der Waals surface area contributed by atoms with Crippen LogP contribution in [0.4, 0.5) is 5.00 Å². The lowest BCUT2D eigenvalue weighted by atomic mass is 10.1. The lowest BCUT2D eigenvalue weighted by Gasteiger charge is -2.05. The molecule has 122 valence electrons. The van der Waals surface area contributed by atoms with E-state index >= 15 is 0 Å². The summed E-state index contributed by atoms with van der Waals surface area (Å²) in [6.45, 7) is 3.55. The molecule has 2 heterocycles. The van der Waals surface area contributed by atoms with Gasteiger partial charge in [-0.15, -0.1) is 11.3 Å². The van der Waals surface area contributed by atoms with Crippen LogP contribution in [0, 0.1) is 6.92 Å². The van der Waals surface area contributed by atoms with Crippen molar-refractivity contribution in [1.82, 2.24) is 5.32 Å². The molecule has 0 radical (unpaired) electrons. The second-order valence-electron chi connectivity index (χ2n) is 4.49. The molecule has 0 saturated heterocycles. The van der Waals surface area contributed by atoms with Gasteiger partial charge in [0.2, 0.25) is 0 Å². The van der Waals surface area contributed by atoms with E-state index < -0.39 is 17.8 Å². The summed E-state index contributed by atoms with van der Waals surface area (Å²) in [6.07, 6.45) is 1.37. The van der Waals surface area contributed by atoms with E-state index in [0.717, 1.165) is 11.3 Å². The van der Waals surface area contributed by atoms with Crippen molar-refractivity contribution in [2.24, 2.45) is 0 Å². The molecule has 0 bridgehead atoms. The normalized spacial score (nSPS) is 10.2. The molecule has 0 saturated carbocycles. The van der Waals surface area contributed by atoms with Crippen LogP contribution in [0.5, 0.6) is 0 Å². The third-order valence-corrected chi connectivity index (χ3v) is 4.22. The van der Waals surface area contributed by atoms with Gasteiger partial charge in [-0.3, -0.25) is 9.59 Å². The Kier molecular flexibility index (Phi) is 5.17. The fraction of sp³-hybridized carbons (Fsp3) is 0.267. The number of carbonyl (C=O) groups is 3. The molecule has 2 amide bonds. The number of rotatable bonds is 5. The minimum atomic E-state index is -0.529. The molecule has 0 spiro atoms. The third kappa shape index (κ3) is 3.42. The van der Waals surface area contributed by atoms with Crippen LogP contribution >= 0.6 is 11.3 Å². The average Bonchev–Trinajstić information content (AvgIpc) is 3.15. The first-order valence-corrected chi connectivity index (χ1v) is 7.68. The molecule has 2 aromatic rings. The predicted octanol–water partition coefficient (Wildman–Crippen LogP) is 2.44. The third-order valence-electron chi connectivity index (χ3n) is 3.03. The summed E-state index contributed by atoms with van der Waals surface area (Å²) in [5, 5.41) is 5.37. The van der Waals surface area contributed by atoms with E-state index in [1.807, 2.05) is 0 Å². The van der Waals surface area contributed by atoms with Crippen molar-refractivity contribution in [3.63, 3.8) is 0 Å². The Morgan fingerprint density at radius 2 is 2.04 bits per heavy atom. The minimum Gasteiger partial charge on any atom is -0.462 e. The number of ether oxygens (including phenoxy) is 1. The van der Waals surface area contributed by atoms with Crippen LogP contribution in [-0.2, 0) is 4.74 Å². The molecule has 2 aromatic heterocycles. The molecule has 0 unspecified atom stereocenters. The summed E-state index contributed by atoms with van der Waals surface area (Å²) in [7, 11) is 1.47. The fourth-order valence-corrected chi connectivity index (χ4v) is 3.06. The lowest BCUT2D eigenvalue weighted by Crippen LogP contribution is -2.21. The summed E-state index contributed by atoms with van der Waals surface area (Å²) in [5.74, 6) is -1.32. The number of nitrogens with one attached hydrogen (secondary N) is 2. The second kappa shape index (κ2) is 7.10. The van der Waals surface area contributed by atoms with Crippen molar-refractivity contribution in [3.05, 3.63) is 40.2 Å². The van der Waals surface area contributed by atoms with Gasteiger partial charge in [0, 0.05) is 7.05 Å². The second-order valence-corrected chi connectivity index (χ2v) is 5.51. The largest absolute Gasteiger partial charge is 0.462 e. The van der Waals surface area contributed by atoms with Gasteiger partial charge in [0.05, 0.1) is 18.4 Å². The molecule has 2 N–H and O–H groups in total. The summed E-state index contributed by atoms with van der Waals surface area (Å²) in [5.41, 5.74) is 0.697. The fourth-order valence-electron chi connectivity index (χ4n) is 1.96. The summed E-state index contributed by atoms with van der Waals surface area (Å²) in [4.78, 5) is 36.5. The van der Waals surface area contributed by atoms with Crippen LogP contribution in [0.25, 0.3) is 0 Å². The molecule has 0 aliphatic carbocycles. The molecule has 0 aliphatic heterocycles.